The van der Waals surface area contributed by atoms with Crippen molar-refractivity contribution in [1.29, 1.82) is 0 Å². The fourth-order valence-electron chi connectivity index (χ4n) is 4.82. The van der Waals surface area contributed by atoms with E-state index in [-0.39, 0.29) is 5.75 Å². The highest BCUT2D eigenvalue weighted by molar-refractivity contribution is 6.30. The quantitative estimate of drug-likeness (QED) is 0.126. The Labute approximate surface area is 228 Å². The Morgan fingerprint density at radius 1 is 0.730 bits per heavy atom. The first-order chi connectivity index (χ1) is 17.9. The Bertz CT molecular complexity index is 1110. The van der Waals surface area contributed by atoms with Crippen LogP contribution in [-0.2, 0) is 0 Å². The summed E-state index contributed by atoms with van der Waals surface area (Å²) in [5, 5.41) is 10.6. The third kappa shape index (κ3) is 8.38. The number of aromatic hydroxyl groups is 1. The SMILES string of the molecule is CCCCCC(N)(CCCCC)Oc1ccc(/C(=C(\CC)c2ccc(Cl)cc2)c2ccc(O)cc2)cc1. The number of halogens is 1. The minimum Gasteiger partial charge on any atom is -0.508 e. The lowest BCUT2D eigenvalue weighted by Gasteiger charge is -2.31. The van der Waals surface area contributed by atoms with Gasteiger partial charge in [-0.15, -0.1) is 0 Å². The van der Waals surface area contributed by atoms with Gasteiger partial charge in [0.05, 0.1) is 0 Å². The van der Waals surface area contributed by atoms with E-state index in [0.29, 0.717) is 0 Å². The zero-order valence-corrected chi connectivity index (χ0v) is 23.4. The number of nitrogens with two attached hydrogens (primary N) is 1. The lowest BCUT2D eigenvalue weighted by Crippen LogP contribution is -2.45. The van der Waals surface area contributed by atoms with Crippen molar-refractivity contribution in [2.24, 2.45) is 5.73 Å². The second kappa shape index (κ2) is 14.3. The zero-order valence-electron chi connectivity index (χ0n) is 22.6. The molecule has 3 rings (SSSR count). The fraction of sp³-hybridized carbons (Fsp3) is 0.394. The molecule has 0 aliphatic heterocycles. The molecule has 4 heteroatoms. The molecule has 198 valence electrons. The average molecular weight is 520 g/mol. The summed E-state index contributed by atoms with van der Waals surface area (Å²) in [6, 6.07) is 23.7. The smallest absolute Gasteiger partial charge is 0.158 e. The van der Waals surface area contributed by atoms with Gasteiger partial charge < -0.3 is 9.84 Å². The van der Waals surface area contributed by atoms with E-state index in [0.717, 1.165) is 65.1 Å². The summed E-state index contributed by atoms with van der Waals surface area (Å²) in [6.07, 6.45) is 9.39. The van der Waals surface area contributed by atoms with Gasteiger partial charge in [-0.05, 0) is 83.5 Å². The van der Waals surface area contributed by atoms with Gasteiger partial charge in [0.2, 0.25) is 0 Å². The molecule has 0 saturated carbocycles. The minimum atomic E-state index is -0.640. The van der Waals surface area contributed by atoms with Gasteiger partial charge >= 0.3 is 0 Å². The molecular weight excluding hydrogens is 478 g/mol. The summed E-state index contributed by atoms with van der Waals surface area (Å²) in [4.78, 5) is 0. The number of phenols is 1. The molecule has 0 aliphatic carbocycles. The number of rotatable bonds is 14. The van der Waals surface area contributed by atoms with Crippen LogP contribution in [0.3, 0.4) is 0 Å². The molecule has 0 amide bonds. The third-order valence-electron chi connectivity index (χ3n) is 6.88. The van der Waals surface area contributed by atoms with E-state index in [1.807, 2.05) is 36.4 Å². The Morgan fingerprint density at radius 3 is 1.70 bits per heavy atom. The van der Waals surface area contributed by atoms with E-state index in [9.17, 15) is 5.11 Å². The lowest BCUT2D eigenvalue weighted by atomic mass is 9.88. The van der Waals surface area contributed by atoms with Crippen molar-refractivity contribution in [2.45, 2.75) is 84.3 Å². The number of allylic oxidation sites excluding steroid dienone is 1. The second-order valence-corrected chi connectivity index (χ2v) is 10.3. The highest BCUT2D eigenvalue weighted by atomic mass is 35.5. The largest absolute Gasteiger partial charge is 0.508 e. The van der Waals surface area contributed by atoms with Crippen LogP contribution in [0.5, 0.6) is 11.5 Å². The Hall–Kier alpha value is -2.75. The van der Waals surface area contributed by atoms with Gasteiger partial charge in [0, 0.05) is 17.9 Å². The van der Waals surface area contributed by atoms with Crippen molar-refractivity contribution in [2.75, 3.05) is 0 Å². The maximum Gasteiger partial charge on any atom is 0.158 e. The van der Waals surface area contributed by atoms with Crippen molar-refractivity contribution in [3.05, 3.63) is 94.5 Å². The van der Waals surface area contributed by atoms with Crippen molar-refractivity contribution in [3.63, 3.8) is 0 Å². The second-order valence-electron chi connectivity index (χ2n) is 9.87. The Morgan fingerprint density at radius 2 is 1.22 bits per heavy atom. The van der Waals surface area contributed by atoms with E-state index in [4.69, 9.17) is 22.1 Å². The molecule has 3 nitrogen and oxygen atoms in total. The molecule has 0 fully saturated rings. The van der Waals surface area contributed by atoms with E-state index in [1.165, 1.54) is 31.3 Å². The topological polar surface area (TPSA) is 55.5 Å². The summed E-state index contributed by atoms with van der Waals surface area (Å²) < 4.78 is 6.45. The normalized spacial score (nSPS) is 12.4. The van der Waals surface area contributed by atoms with Gasteiger partial charge in [-0.3, -0.25) is 5.73 Å². The third-order valence-corrected chi connectivity index (χ3v) is 7.13. The molecule has 0 saturated heterocycles. The van der Waals surface area contributed by atoms with E-state index < -0.39 is 5.72 Å². The maximum absolute atomic E-state index is 9.89. The van der Waals surface area contributed by atoms with Crippen LogP contribution in [0.2, 0.25) is 5.02 Å². The van der Waals surface area contributed by atoms with Crippen molar-refractivity contribution in [1.82, 2.24) is 0 Å². The summed E-state index contributed by atoms with van der Waals surface area (Å²) in [5.74, 6) is 1.05. The standard InChI is InChI=1S/C33H42ClNO2/c1-4-7-9-23-33(35,24-10-8-5-2)37-30-21-15-27(16-22-30)32(26-13-19-29(36)20-14-26)31(6-3)25-11-17-28(34)18-12-25/h11-22,36H,4-10,23-24,35H2,1-3H3/b32-31+. The van der Waals surface area contributed by atoms with Gasteiger partial charge in [0.15, 0.2) is 5.72 Å². The van der Waals surface area contributed by atoms with Gasteiger partial charge in [-0.25, -0.2) is 0 Å². The molecule has 0 radical (unpaired) electrons. The number of phenolic OH excluding ortho intramolecular Hbond substituents is 1. The number of hydrogen-bond acceptors (Lipinski definition) is 3. The van der Waals surface area contributed by atoms with Gasteiger partial charge in [-0.1, -0.05) is 94.5 Å². The molecule has 0 atom stereocenters. The van der Waals surface area contributed by atoms with Crippen LogP contribution < -0.4 is 10.5 Å². The number of unbranched alkanes of at least 4 members (excludes halogenated alkanes) is 4. The van der Waals surface area contributed by atoms with Crippen LogP contribution in [0.25, 0.3) is 11.1 Å². The highest BCUT2D eigenvalue weighted by Crippen LogP contribution is 2.36. The number of ether oxygens (including phenoxy) is 1. The predicted molar refractivity (Wildman–Crippen MR) is 158 cm³/mol. The molecule has 0 heterocycles. The molecular formula is C33H42ClNO2. The molecule has 3 N–H and O–H groups in total. The molecule has 0 unspecified atom stereocenters. The fourth-order valence-corrected chi connectivity index (χ4v) is 4.95. The Kier molecular flexibility index (Phi) is 11.1. The number of hydrogen-bond donors (Lipinski definition) is 2. The van der Waals surface area contributed by atoms with Crippen LogP contribution in [0.1, 0.15) is 95.2 Å². The first kappa shape index (κ1) is 28.8. The summed E-state index contributed by atoms with van der Waals surface area (Å²) in [6.45, 7) is 6.59. The van der Waals surface area contributed by atoms with Crippen LogP contribution in [0.4, 0.5) is 0 Å². The maximum atomic E-state index is 9.89. The van der Waals surface area contributed by atoms with Crippen molar-refractivity contribution in [3.8, 4) is 11.5 Å². The van der Waals surface area contributed by atoms with Crippen molar-refractivity contribution < 1.29 is 9.84 Å². The summed E-state index contributed by atoms with van der Waals surface area (Å²) in [5.41, 5.74) is 11.8. The molecule has 37 heavy (non-hydrogen) atoms. The van der Waals surface area contributed by atoms with Gasteiger partial charge in [0.1, 0.15) is 11.5 Å². The predicted octanol–water partition coefficient (Wildman–Crippen LogP) is 9.61. The monoisotopic (exact) mass is 519 g/mol. The Balaban J connectivity index is 1.97. The van der Waals surface area contributed by atoms with Crippen LogP contribution in [0.15, 0.2) is 72.8 Å². The van der Waals surface area contributed by atoms with Gasteiger partial charge in [-0.2, -0.15) is 0 Å². The van der Waals surface area contributed by atoms with Crippen molar-refractivity contribution >= 4 is 22.7 Å². The van der Waals surface area contributed by atoms with Crippen LogP contribution in [-0.4, -0.2) is 10.8 Å². The summed E-state index contributed by atoms with van der Waals surface area (Å²) >= 11 is 6.17. The zero-order chi connectivity index (χ0) is 26.7. The van der Waals surface area contributed by atoms with E-state index >= 15 is 0 Å². The minimum absolute atomic E-state index is 0.252. The van der Waals surface area contributed by atoms with Crippen LogP contribution in [0, 0.1) is 0 Å². The summed E-state index contributed by atoms with van der Waals surface area (Å²) in [7, 11) is 0. The highest BCUT2D eigenvalue weighted by Gasteiger charge is 2.26. The van der Waals surface area contributed by atoms with Gasteiger partial charge in [0.25, 0.3) is 0 Å². The molecule has 0 bridgehead atoms. The molecule has 0 aromatic heterocycles. The number of benzene rings is 3. The van der Waals surface area contributed by atoms with E-state index in [2.05, 4.69) is 45.0 Å². The van der Waals surface area contributed by atoms with Crippen LogP contribution >= 0.6 is 11.6 Å². The average Bonchev–Trinajstić information content (AvgIpc) is 2.90. The molecule has 0 spiro atoms. The first-order valence-corrected chi connectivity index (χ1v) is 14.1. The molecule has 3 aromatic carbocycles. The lowest BCUT2D eigenvalue weighted by molar-refractivity contribution is 0.0513. The molecule has 3 aromatic rings. The molecule has 0 aliphatic rings. The van der Waals surface area contributed by atoms with E-state index in [1.54, 1.807) is 12.1 Å². The first-order valence-electron chi connectivity index (χ1n) is 13.8.